The number of ether oxygens (including phenoxy) is 2. The standard InChI is InChI=1S/C13H9BrClNO5/c14-8-6-11-10(19-3-4-20-11)5-7(8)13(15)9-1-2-12(21-9)16(17)18/h1-2,5-6,13H,3-4H2. The molecule has 0 spiro atoms. The lowest BCUT2D eigenvalue weighted by molar-refractivity contribution is -0.402. The van der Waals surface area contributed by atoms with Crippen molar-refractivity contribution < 1.29 is 18.8 Å². The smallest absolute Gasteiger partial charge is 0.433 e. The van der Waals surface area contributed by atoms with E-state index in [2.05, 4.69) is 15.9 Å². The van der Waals surface area contributed by atoms with Crippen molar-refractivity contribution in [1.29, 1.82) is 0 Å². The molecule has 0 bridgehead atoms. The Morgan fingerprint density at radius 3 is 2.52 bits per heavy atom. The zero-order valence-corrected chi connectivity index (χ0v) is 12.9. The molecule has 0 amide bonds. The third kappa shape index (κ3) is 2.71. The first-order valence-electron chi connectivity index (χ1n) is 6.03. The van der Waals surface area contributed by atoms with Crippen molar-refractivity contribution in [3.63, 3.8) is 0 Å². The molecule has 1 atom stereocenters. The summed E-state index contributed by atoms with van der Waals surface area (Å²) in [5, 5.41) is 9.98. The normalized spacial score (nSPS) is 14.8. The van der Waals surface area contributed by atoms with Gasteiger partial charge in [-0.25, -0.2) is 0 Å². The van der Waals surface area contributed by atoms with Crippen LogP contribution in [0.25, 0.3) is 0 Å². The maximum absolute atomic E-state index is 10.7. The zero-order chi connectivity index (χ0) is 15.0. The van der Waals surface area contributed by atoms with Crippen LogP contribution in [-0.2, 0) is 0 Å². The molecular formula is C13H9BrClNO5. The monoisotopic (exact) mass is 373 g/mol. The molecule has 3 rings (SSSR count). The number of halogens is 2. The van der Waals surface area contributed by atoms with Gasteiger partial charge in [0.15, 0.2) is 11.5 Å². The van der Waals surface area contributed by atoms with Gasteiger partial charge >= 0.3 is 5.88 Å². The third-order valence-corrected chi connectivity index (χ3v) is 4.11. The summed E-state index contributed by atoms with van der Waals surface area (Å²) < 4.78 is 16.8. The predicted molar refractivity (Wildman–Crippen MR) is 78.2 cm³/mol. The van der Waals surface area contributed by atoms with Crippen LogP contribution >= 0.6 is 27.5 Å². The molecule has 1 aromatic heterocycles. The van der Waals surface area contributed by atoms with E-state index < -0.39 is 10.3 Å². The van der Waals surface area contributed by atoms with E-state index in [1.54, 1.807) is 12.1 Å². The summed E-state index contributed by atoms with van der Waals surface area (Å²) in [6.45, 7) is 0.959. The number of rotatable bonds is 3. The SMILES string of the molecule is O=[N+]([O-])c1ccc(C(Cl)c2cc3c(cc2Br)OCCO3)o1. The van der Waals surface area contributed by atoms with E-state index in [9.17, 15) is 10.1 Å². The lowest BCUT2D eigenvalue weighted by Crippen LogP contribution is -2.15. The molecule has 2 heterocycles. The summed E-state index contributed by atoms with van der Waals surface area (Å²) in [7, 11) is 0. The van der Waals surface area contributed by atoms with Crippen molar-refractivity contribution >= 4 is 33.4 Å². The van der Waals surface area contributed by atoms with Gasteiger partial charge in [0.25, 0.3) is 0 Å². The summed E-state index contributed by atoms with van der Waals surface area (Å²) in [4.78, 5) is 10.0. The van der Waals surface area contributed by atoms with Crippen LogP contribution in [0, 0.1) is 10.1 Å². The number of nitro groups is 1. The molecule has 1 aliphatic rings. The minimum atomic E-state index is -0.677. The number of furan rings is 1. The van der Waals surface area contributed by atoms with Crippen LogP contribution in [0.3, 0.4) is 0 Å². The van der Waals surface area contributed by atoms with Crippen LogP contribution in [-0.4, -0.2) is 18.1 Å². The van der Waals surface area contributed by atoms with E-state index >= 15 is 0 Å². The minimum Gasteiger partial charge on any atom is -0.486 e. The van der Waals surface area contributed by atoms with Gasteiger partial charge in [-0.3, -0.25) is 10.1 Å². The summed E-state index contributed by atoms with van der Waals surface area (Å²) in [5.74, 6) is 1.17. The van der Waals surface area contributed by atoms with Crippen molar-refractivity contribution in [1.82, 2.24) is 0 Å². The Bertz CT molecular complexity index is 702. The second-order valence-electron chi connectivity index (χ2n) is 4.31. The molecule has 2 aromatic rings. The Kier molecular flexibility index (Phi) is 3.77. The highest BCUT2D eigenvalue weighted by atomic mass is 79.9. The number of fused-ring (bicyclic) bond motifs is 1. The van der Waals surface area contributed by atoms with Gasteiger partial charge in [-0.15, -0.1) is 11.6 Å². The van der Waals surface area contributed by atoms with Gasteiger partial charge in [0.1, 0.15) is 29.3 Å². The largest absolute Gasteiger partial charge is 0.486 e. The van der Waals surface area contributed by atoms with E-state index in [0.29, 0.717) is 40.5 Å². The average Bonchev–Trinajstić information content (AvgIpc) is 2.96. The highest BCUT2D eigenvalue weighted by Gasteiger charge is 2.24. The average molecular weight is 375 g/mol. The molecule has 0 saturated carbocycles. The first-order valence-corrected chi connectivity index (χ1v) is 7.26. The van der Waals surface area contributed by atoms with Gasteiger partial charge in [0, 0.05) is 4.47 Å². The van der Waals surface area contributed by atoms with Crippen molar-refractivity contribution in [2.45, 2.75) is 5.38 Å². The van der Waals surface area contributed by atoms with Crippen molar-refractivity contribution in [3.8, 4) is 11.5 Å². The van der Waals surface area contributed by atoms with Gasteiger partial charge in [0.05, 0.1) is 6.07 Å². The number of hydrogen-bond acceptors (Lipinski definition) is 5. The molecule has 6 nitrogen and oxygen atoms in total. The topological polar surface area (TPSA) is 74.7 Å². The van der Waals surface area contributed by atoms with Crippen LogP contribution in [0.5, 0.6) is 11.5 Å². The molecule has 0 radical (unpaired) electrons. The molecular weight excluding hydrogens is 366 g/mol. The second kappa shape index (κ2) is 5.57. The maximum Gasteiger partial charge on any atom is 0.433 e. The summed E-state index contributed by atoms with van der Waals surface area (Å²) in [6, 6.07) is 6.26. The van der Waals surface area contributed by atoms with Gasteiger partial charge in [-0.05, 0) is 23.8 Å². The van der Waals surface area contributed by atoms with Gasteiger partial charge in [-0.2, -0.15) is 0 Å². The Labute approximate surface area is 132 Å². The molecule has 0 fully saturated rings. The van der Waals surface area contributed by atoms with Gasteiger partial charge in [0.2, 0.25) is 0 Å². The maximum atomic E-state index is 10.7. The highest BCUT2D eigenvalue weighted by molar-refractivity contribution is 9.10. The Hall–Kier alpha value is -1.73. The van der Waals surface area contributed by atoms with Crippen molar-refractivity contribution in [2.75, 3.05) is 13.2 Å². The van der Waals surface area contributed by atoms with E-state index in [-0.39, 0.29) is 5.88 Å². The summed E-state index contributed by atoms with van der Waals surface area (Å²) in [5.41, 5.74) is 0.685. The lowest BCUT2D eigenvalue weighted by atomic mass is 10.1. The van der Waals surface area contributed by atoms with Crippen LogP contribution in [0.15, 0.2) is 33.2 Å². The predicted octanol–water partition coefficient (Wildman–Crippen LogP) is 4.05. The van der Waals surface area contributed by atoms with Crippen LogP contribution in [0.1, 0.15) is 16.7 Å². The van der Waals surface area contributed by atoms with Crippen molar-refractivity contribution in [3.05, 3.63) is 50.2 Å². The minimum absolute atomic E-state index is 0.292. The van der Waals surface area contributed by atoms with Crippen molar-refractivity contribution in [2.24, 2.45) is 0 Å². The highest BCUT2D eigenvalue weighted by Crippen LogP contribution is 2.42. The summed E-state index contributed by atoms with van der Waals surface area (Å²) in [6.07, 6.45) is 0. The number of alkyl halides is 1. The molecule has 110 valence electrons. The molecule has 0 aliphatic carbocycles. The van der Waals surface area contributed by atoms with E-state index in [1.165, 1.54) is 12.1 Å². The van der Waals surface area contributed by atoms with Gasteiger partial charge in [-0.1, -0.05) is 15.9 Å². The van der Waals surface area contributed by atoms with Gasteiger partial charge < -0.3 is 13.9 Å². The Morgan fingerprint density at radius 2 is 1.90 bits per heavy atom. The van der Waals surface area contributed by atoms with E-state index in [1.807, 2.05) is 0 Å². The third-order valence-electron chi connectivity index (χ3n) is 2.98. The molecule has 1 aromatic carbocycles. The van der Waals surface area contributed by atoms with E-state index in [4.69, 9.17) is 25.5 Å². The Balaban J connectivity index is 1.96. The fraction of sp³-hybridized carbons (Fsp3) is 0.231. The zero-order valence-electron chi connectivity index (χ0n) is 10.5. The molecule has 0 N–H and O–H groups in total. The first-order chi connectivity index (χ1) is 10.1. The van der Waals surface area contributed by atoms with E-state index in [0.717, 1.165) is 0 Å². The Morgan fingerprint density at radius 1 is 1.24 bits per heavy atom. The number of hydrogen-bond donors (Lipinski definition) is 0. The fourth-order valence-corrected chi connectivity index (χ4v) is 2.98. The molecule has 1 unspecified atom stereocenters. The molecule has 21 heavy (non-hydrogen) atoms. The number of benzene rings is 1. The lowest BCUT2D eigenvalue weighted by Gasteiger charge is -2.20. The van der Waals surface area contributed by atoms with Crippen LogP contribution in [0.4, 0.5) is 5.88 Å². The first kappa shape index (κ1) is 14.2. The molecule has 1 aliphatic heterocycles. The second-order valence-corrected chi connectivity index (χ2v) is 5.60. The fourth-order valence-electron chi connectivity index (χ4n) is 2.00. The molecule has 8 heteroatoms. The van der Waals surface area contributed by atoms with Crippen LogP contribution < -0.4 is 9.47 Å². The van der Waals surface area contributed by atoms with Crippen LogP contribution in [0.2, 0.25) is 0 Å². The molecule has 0 saturated heterocycles. The number of nitrogens with zero attached hydrogens (tertiary/aromatic N) is 1. The quantitative estimate of drug-likeness (QED) is 0.460. The summed E-state index contributed by atoms with van der Waals surface area (Å²) >= 11 is 9.77.